The van der Waals surface area contributed by atoms with Gasteiger partial charge in [-0.2, -0.15) is 0 Å². The first-order valence-corrected chi connectivity index (χ1v) is 14.6. The summed E-state index contributed by atoms with van der Waals surface area (Å²) in [4.78, 5) is 41.1. The zero-order valence-corrected chi connectivity index (χ0v) is 23.5. The number of carbonyl (C=O) groups is 2. The number of nitrogens with one attached hydrogen (secondary N) is 1. The lowest BCUT2D eigenvalue weighted by Crippen LogP contribution is -2.39. The van der Waals surface area contributed by atoms with E-state index < -0.39 is 21.8 Å². The molecule has 2 amide bonds. The molecular weight excluding hydrogens is 528 g/mol. The number of carbonyl (C=O) groups excluding carboxylic acids is 2. The number of nitrogens with two attached hydrogens (primary N) is 1. The first-order valence-electron chi connectivity index (χ1n) is 12.7. The van der Waals surface area contributed by atoms with Crippen molar-refractivity contribution in [2.45, 2.75) is 38.3 Å². The van der Waals surface area contributed by atoms with Gasteiger partial charge in [0.1, 0.15) is 5.82 Å². The highest BCUT2D eigenvalue weighted by Crippen LogP contribution is 2.33. The van der Waals surface area contributed by atoms with E-state index in [2.05, 4.69) is 10.3 Å². The number of aryl methyl sites for hydroxylation is 1. The smallest absolute Gasteiger partial charge is 0.251 e. The molecule has 40 heavy (non-hydrogen) atoms. The van der Waals surface area contributed by atoms with E-state index in [9.17, 15) is 18.0 Å². The lowest BCUT2D eigenvalue weighted by molar-refractivity contribution is -0.118. The van der Waals surface area contributed by atoms with E-state index in [-0.39, 0.29) is 28.3 Å². The van der Waals surface area contributed by atoms with Crippen molar-refractivity contribution in [1.29, 1.82) is 0 Å². The number of rotatable bonds is 6. The van der Waals surface area contributed by atoms with Gasteiger partial charge in [-0.3, -0.25) is 19.5 Å². The quantitative estimate of drug-likeness (QED) is 0.367. The number of nitrogens with zero attached hydrogens (tertiary/aromatic N) is 4. The van der Waals surface area contributed by atoms with Crippen molar-refractivity contribution >= 4 is 38.4 Å². The average molecular weight is 559 g/mol. The zero-order chi connectivity index (χ0) is 28.8. The Kier molecular flexibility index (Phi) is 6.89. The highest BCUT2D eigenvalue weighted by molar-refractivity contribution is 7.90. The number of sulfone groups is 1. The molecule has 206 valence electrons. The Balaban J connectivity index is 1.36. The van der Waals surface area contributed by atoms with Gasteiger partial charge in [0.05, 0.1) is 40.1 Å². The molecule has 1 aromatic carbocycles. The van der Waals surface area contributed by atoms with Crippen LogP contribution in [0.3, 0.4) is 0 Å². The average Bonchev–Trinajstić information content (AvgIpc) is 3.13. The van der Waals surface area contributed by atoms with E-state index in [0.717, 1.165) is 11.6 Å². The Labute approximate surface area is 232 Å². The van der Waals surface area contributed by atoms with Crippen molar-refractivity contribution in [3.8, 4) is 11.4 Å². The number of benzene rings is 1. The van der Waals surface area contributed by atoms with Crippen LogP contribution in [0.4, 0.5) is 5.82 Å². The van der Waals surface area contributed by atoms with Crippen molar-refractivity contribution in [3.63, 3.8) is 0 Å². The third kappa shape index (κ3) is 5.30. The molecule has 0 radical (unpaired) electrons. The molecule has 11 heteroatoms. The monoisotopic (exact) mass is 558 g/mol. The van der Waals surface area contributed by atoms with Gasteiger partial charge in [0.2, 0.25) is 5.91 Å². The molecule has 1 atom stereocenters. The van der Waals surface area contributed by atoms with E-state index in [1.165, 1.54) is 6.07 Å². The van der Waals surface area contributed by atoms with Crippen LogP contribution in [0.5, 0.6) is 0 Å². The van der Waals surface area contributed by atoms with Gasteiger partial charge in [-0.1, -0.05) is 26.0 Å². The molecule has 1 aliphatic rings. The van der Waals surface area contributed by atoms with Crippen molar-refractivity contribution in [2.75, 3.05) is 17.7 Å². The number of hydrogen-bond acceptors (Lipinski definition) is 8. The fourth-order valence-corrected chi connectivity index (χ4v) is 5.70. The topological polar surface area (TPSA) is 148 Å². The second kappa shape index (κ2) is 10.1. The third-order valence-electron chi connectivity index (χ3n) is 7.12. The predicted octanol–water partition coefficient (Wildman–Crippen LogP) is 3.03. The first-order chi connectivity index (χ1) is 18.8. The van der Waals surface area contributed by atoms with Gasteiger partial charge in [-0.25, -0.2) is 18.4 Å². The molecule has 1 saturated heterocycles. The maximum atomic E-state index is 12.7. The lowest BCUT2D eigenvalue weighted by atomic mass is 9.88. The number of aromatic nitrogens is 3. The van der Waals surface area contributed by atoms with Crippen LogP contribution in [0.1, 0.15) is 35.5 Å². The zero-order valence-electron chi connectivity index (χ0n) is 22.7. The number of anilines is 1. The van der Waals surface area contributed by atoms with Crippen molar-refractivity contribution in [2.24, 2.45) is 11.1 Å². The molecular formula is C29H30N6O4S. The molecule has 1 fully saturated rings. The summed E-state index contributed by atoms with van der Waals surface area (Å²) in [6.45, 7) is 6.22. The summed E-state index contributed by atoms with van der Waals surface area (Å²) in [6, 6.07) is 15.0. The van der Waals surface area contributed by atoms with Crippen LogP contribution in [0.25, 0.3) is 22.3 Å². The fraction of sp³-hybridized carbons (Fsp3) is 0.276. The van der Waals surface area contributed by atoms with Crippen molar-refractivity contribution in [3.05, 3.63) is 77.6 Å². The normalized spacial score (nSPS) is 16.9. The Bertz CT molecular complexity index is 1770. The fourth-order valence-electron chi connectivity index (χ4n) is 4.71. The molecule has 0 spiro atoms. The summed E-state index contributed by atoms with van der Waals surface area (Å²) < 4.78 is 24.1. The second-order valence-electron chi connectivity index (χ2n) is 10.8. The van der Waals surface area contributed by atoms with Gasteiger partial charge in [-0.15, -0.1) is 0 Å². The maximum Gasteiger partial charge on any atom is 0.251 e. The number of pyridine rings is 3. The van der Waals surface area contributed by atoms with E-state index in [1.807, 2.05) is 38.1 Å². The van der Waals surface area contributed by atoms with Crippen LogP contribution in [0.15, 0.2) is 65.7 Å². The van der Waals surface area contributed by atoms with Crippen LogP contribution in [-0.2, 0) is 21.2 Å². The summed E-state index contributed by atoms with van der Waals surface area (Å²) in [5, 5.41) is 3.61. The number of amides is 2. The Morgan fingerprint density at radius 2 is 1.85 bits per heavy atom. The molecule has 5 rings (SSSR count). The molecule has 3 N–H and O–H groups in total. The molecule has 4 heterocycles. The van der Waals surface area contributed by atoms with Crippen LogP contribution in [0, 0.1) is 12.3 Å². The summed E-state index contributed by atoms with van der Waals surface area (Å²) in [6.07, 6.45) is 2.79. The second-order valence-corrected chi connectivity index (χ2v) is 12.8. The van der Waals surface area contributed by atoms with E-state index in [0.29, 0.717) is 40.5 Å². The summed E-state index contributed by atoms with van der Waals surface area (Å²) in [7, 11) is -3.46. The minimum absolute atomic E-state index is 0.124. The van der Waals surface area contributed by atoms with Crippen LogP contribution in [-0.4, -0.2) is 54.0 Å². The van der Waals surface area contributed by atoms with Crippen LogP contribution in [0.2, 0.25) is 0 Å². The molecule has 1 unspecified atom stereocenters. The van der Waals surface area contributed by atoms with Gasteiger partial charge in [0.25, 0.3) is 5.91 Å². The van der Waals surface area contributed by atoms with Gasteiger partial charge in [-0.05, 0) is 55.0 Å². The molecule has 4 aromatic rings. The number of hydrogen-bond donors (Lipinski definition) is 2. The highest BCUT2D eigenvalue weighted by Gasteiger charge is 2.44. The SMILES string of the molecule is Cc1ccc(C(=O)NCc2cc3nc(-c4cccc(N5CC(C)(C)C(N)C5=O)n4)ccc3cn2)cc1S(C)(=O)=O. The molecule has 0 saturated carbocycles. The largest absolute Gasteiger partial charge is 0.346 e. The number of fused-ring (bicyclic) bond motifs is 1. The van der Waals surface area contributed by atoms with E-state index in [4.69, 9.17) is 15.7 Å². The standard InChI is InChI=1S/C29H30N6O4S/c1-17-8-9-18(12-24(17)40(4,38)39)27(36)32-15-20-13-23-19(14-31-20)10-11-22(33-23)21-6-5-7-25(34-21)35-16-29(2,3)26(30)28(35)37/h5-14,26H,15-16,30H2,1-4H3,(H,32,36). The van der Waals surface area contributed by atoms with Gasteiger partial charge >= 0.3 is 0 Å². The van der Waals surface area contributed by atoms with Gasteiger partial charge in [0.15, 0.2) is 9.84 Å². The van der Waals surface area contributed by atoms with Crippen LogP contribution >= 0.6 is 0 Å². The Morgan fingerprint density at radius 1 is 1.10 bits per heavy atom. The third-order valence-corrected chi connectivity index (χ3v) is 8.36. The van der Waals surface area contributed by atoms with Crippen LogP contribution < -0.4 is 16.0 Å². The Morgan fingerprint density at radius 3 is 2.55 bits per heavy atom. The predicted molar refractivity (Wildman–Crippen MR) is 152 cm³/mol. The molecule has 0 aliphatic carbocycles. The Hall–Kier alpha value is -4.22. The first kappa shape index (κ1) is 27.4. The summed E-state index contributed by atoms with van der Waals surface area (Å²) >= 11 is 0. The van der Waals surface area contributed by atoms with E-state index >= 15 is 0 Å². The molecule has 10 nitrogen and oxygen atoms in total. The highest BCUT2D eigenvalue weighted by atomic mass is 32.2. The van der Waals surface area contributed by atoms with E-state index in [1.54, 1.807) is 42.3 Å². The minimum atomic E-state index is -3.46. The molecule has 3 aromatic heterocycles. The maximum absolute atomic E-state index is 12.7. The molecule has 1 aliphatic heterocycles. The summed E-state index contributed by atoms with van der Waals surface area (Å²) in [5.74, 6) is -0.0374. The molecule has 0 bridgehead atoms. The van der Waals surface area contributed by atoms with Crippen molar-refractivity contribution < 1.29 is 18.0 Å². The lowest BCUT2D eigenvalue weighted by Gasteiger charge is -2.20. The summed E-state index contributed by atoms with van der Waals surface area (Å²) in [5.41, 5.74) is 9.08. The minimum Gasteiger partial charge on any atom is -0.346 e. The van der Waals surface area contributed by atoms with Gasteiger partial charge in [0, 0.05) is 35.4 Å². The van der Waals surface area contributed by atoms with Gasteiger partial charge < -0.3 is 11.1 Å². The van der Waals surface area contributed by atoms with Crippen molar-refractivity contribution in [1.82, 2.24) is 20.3 Å².